The fourth-order valence-electron chi connectivity index (χ4n) is 3.13. The van der Waals surface area contributed by atoms with Crippen molar-refractivity contribution < 1.29 is 37.3 Å². The summed E-state index contributed by atoms with van der Waals surface area (Å²) in [7, 11) is 0. The third-order valence-corrected chi connectivity index (χ3v) is 5.14. The minimum Gasteiger partial charge on any atom is -0.493 e. The van der Waals surface area contributed by atoms with Crippen LogP contribution in [0.2, 0.25) is 0 Å². The number of hydrogen-bond donors (Lipinski definition) is 3. The highest BCUT2D eigenvalue weighted by atomic mass is 19.4. The number of ether oxygens (including phenoxy) is 2. The molecule has 0 spiro atoms. The Morgan fingerprint density at radius 3 is 2.24 bits per heavy atom. The van der Waals surface area contributed by atoms with Gasteiger partial charge in [-0.2, -0.15) is 0 Å². The highest BCUT2D eigenvalue weighted by molar-refractivity contribution is 6.05. The molecule has 34 heavy (non-hydrogen) atoms. The number of aliphatic hydroxyl groups excluding tert-OH is 1. The molecular formula is C24H25F3N2O5. The van der Waals surface area contributed by atoms with Gasteiger partial charge in [-0.15, -0.1) is 13.2 Å². The summed E-state index contributed by atoms with van der Waals surface area (Å²) in [5.41, 5.74) is 0.489. The second-order valence-electron chi connectivity index (χ2n) is 7.74. The molecule has 1 saturated carbocycles. The van der Waals surface area contributed by atoms with E-state index in [2.05, 4.69) is 15.4 Å². The number of amides is 2. The van der Waals surface area contributed by atoms with E-state index in [9.17, 15) is 22.8 Å². The Labute approximate surface area is 194 Å². The molecule has 7 nitrogen and oxygen atoms in total. The van der Waals surface area contributed by atoms with Crippen LogP contribution < -0.4 is 20.1 Å². The van der Waals surface area contributed by atoms with Gasteiger partial charge in [-0.1, -0.05) is 18.6 Å². The number of benzene rings is 2. The summed E-state index contributed by atoms with van der Waals surface area (Å²) in [5.74, 6) is -0.436. The number of alkyl halides is 3. The van der Waals surface area contributed by atoms with Gasteiger partial charge < -0.3 is 25.2 Å². The fourth-order valence-corrected chi connectivity index (χ4v) is 3.13. The first-order valence-electron chi connectivity index (χ1n) is 10.7. The number of aliphatic hydroxyl groups is 1. The van der Waals surface area contributed by atoms with Crippen LogP contribution in [0.4, 0.5) is 13.2 Å². The van der Waals surface area contributed by atoms with Gasteiger partial charge in [0.05, 0.1) is 13.2 Å². The first-order chi connectivity index (χ1) is 16.2. The van der Waals surface area contributed by atoms with E-state index in [0.29, 0.717) is 23.8 Å². The van der Waals surface area contributed by atoms with Crippen LogP contribution in [-0.4, -0.2) is 43.0 Å². The van der Waals surface area contributed by atoms with Gasteiger partial charge in [0.25, 0.3) is 11.8 Å². The van der Waals surface area contributed by atoms with Gasteiger partial charge in [0.1, 0.15) is 17.2 Å². The summed E-state index contributed by atoms with van der Waals surface area (Å²) in [4.78, 5) is 25.2. The molecule has 3 rings (SSSR count). The van der Waals surface area contributed by atoms with Crippen molar-refractivity contribution >= 4 is 17.9 Å². The molecule has 0 atom stereocenters. The van der Waals surface area contributed by atoms with Crippen molar-refractivity contribution in [1.82, 2.24) is 10.6 Å². The largest absolute Gasteiger partial charge is 0.573 e. The molecule has 1 aliphatic carbocycles. The smallest absolute Gasteiger partial charge is 0.493 e. The van der Waals surface area contributed by atoms with Crippen molar-refractivity contribution in [2.24, 2.45) is 5.92 Å². The average molecular weight is 478 g/mol. The molecular weight excluding hydrogens is 453 g/mol. The third-order valence-electron chi connectivity index (χ3n) is 5.14. The summed E-state index contributed by atoms with van der Waals surface area (Å²) in [6, 6.07) is 11.3. The van der Waals surface area contributed by atoms with Crippen molar-refractivity contribution in [2.75, 3.05) is 19.8 Å². The van der Waals surface area contributed by atoms with Crippen LogP contribution in [0.25, 0.3) is 6.08 Å². The van der Waals surface area contributed by atoms with Gasteiger partial charge in [0.2, 0.25) is 0 Å². The van der Waals surface area contributed by atoms with E-state index in [0.717, 1.165) is 25.0 Å². The zero-order valence-corrected chi connectivity index (χ0v) is 18.2. The molecule has 0 radical (unpaired) electrons. The summed E-state index contributed by atoms with van der Waals surface area (Å²) in [5, 5.41) is 13.9. The Balaban J connectivity index is 1.69. The minimum absolute atomic E-state index is 0.0442. The predicted octanol–water partition coefficient (Wildman–Crippen LogP) is 3.64. The molecule has 0 saturated heterocycles. The van der Waals surface area contributed by atoms with E-state index in [1.165, 1.54) is 24.6 Å². The van der Waals surface area contributed by atoms with Crippen molar-refractivity contribution in [3.05, 3.63) is 65.4 Å². The van der Waals surface area contributed by atoms with Crippen LogP contribution in [0.15, 0.2) is 54.2 Å². The van der Waals surface area contributed by atoms with Crippen LogP contribution in [0.1, 0.15) is 35.2 Å². The fraction of sp³-hybridized carbons (Fsp3) is 0.333. The lowest BCUT2D eigenvalue weighted by molar-refractivity contribution is -0.274. The Morgan fingerprint density at radius 2 is 1.68 bits per heavy atom. The SMILES string of the molecule is O=C(NCCO)C(=Cc1ccc(OC(F)(F)F)cc1)NC(=O)c1ccc(OCC2CCC2)cc1. The maximum Gasteiger partial charge on any atom is 0.573 e. The Hall–Kier alpha value is -3.53. The zero-order chi connectivity index (χ0) is 24.6. The Bertz CT molecular complexity index is 1000. The number of rotatable bonds is 10. The number of halogens is 3. The lowest BCUT2D eigenvalue weighted by Crippen LogP contribution is -2.36. The molecule has 2 amide bonds. The van der Waals surface area contributed by atoms with Crippen molar-refractivity contribution in [1.29, 1.82) is 0 Å². The van der Waals surface area contributed by atoms with Crippen LogP contribution >= 0.6 is 0 Å². The first-order valence-corrected chi connectivity index (χ1v) is 10.7. The molecule has 0 aromatic heterocycles. The number of carbonyl (C=O) groups is 2. The lowest BCUT2D eigenvalue weighted by Gasteiger charge is -2.25. The van der Waals surface area contributed by atoms with Gasteiger partial charge >= 0.3 is 6.36 Å². The second kappa shape index (κ2) is 11.6. The predicted molar refractivity (Wildman–Crippen MR) is 118 cm³/mol. The van der Waals surface area contributed by atoms with E-state index < -0.39 is 23.9 Å². The van der Waals surface area contributed by atoms with E-state index in [4.69, 9.17) is 9.84 Å². The molecule has 182 valence electrons. The summed E-state index contributed by atoms with van der Waals surface area (Å²) in [6.07, 6.45) is 0.0228. The summed E-state index contributed by atoms with van der Waals surface area (Å²) < 4.78 is 46.6. The maximum atomic E-state index is 12.7. The van der Waals surface area contributed by atoms with Gasteiger partial charge in [-0.3, -0.25) is 9.59 Å². The monoisotopic (exact) mass is 478 g/mol. The highest BCUT2D eigenvalue weighted by Gasteiger charge is 2.31. The number of nitrogens with one attached hydrogen (secondary N) is 2. The van der Waals surface area contributed by atoms with E-state index in [1.807, 2.05) is 0 Å². The molecule has 0 heterocycles. The molecule has 10 heteroatoms. The number of hydrogen-bond acceptors (Lipinski definition) is 5. The molecule has 3 N–H and O–H groups in total. The average Bonchev–Trinajstić information content (AvgIpc) is 2.76. The van der Waals surface area contributed by atoms with Crippen molar-refractivity contribution in [3.63, 3.8) is 0 Å². The molecule has 0 unspecified atom stereocenters. The number of carbonyl (C=O) groups excluding carboxylic acids is 2. The molecule has 1 fully saturated rings. The van der Waals surface area contributed by atoms with Gasteiger partial charge in [-0.05, 0) is 66.8 Å². The standard InChI is InChI=1S/C24H25F3N2O5/c25-24(26,27)34-20-8-4-16(5-9-20)14-21(23(32)28-12-13-30)29-22(31)18-6-10-19(11-7-18)33-15-17-2-1-3-17/h4-11,14,17,30H,1-3,12-13,15H2,(H,28,32)(H,29,31). The van der Waals surface area contributed by atoms with Crippen molar-refractivity contribution in [3.8, 4) is 11.5 Å². The minimum atomic E-state index is -4.82. The van der Waals surface area contributed by atoms with E-state index in [-0.39, 0.29) is 24.4 Å². The normalized spacial score (nSPS) is 14.2. The Morgan fingerprint density at radius 1 is 1.03 bits per heavy atom. The highest BCUT2D eigenvalue weighted by Crippen LogP contribution is 2.27. The van der Waals surface area contributed by atoms with Crippen LogP contribution in [0.3, 0.4) is 0 Å². The van der Waals surface area contributed by atoms with Gasteiger partial charge in [0.15, 0.2) is 0 Å². The van der Waals surface area contributed by atoms with E-state index in [1.54, 1.807) is 24.3 Å². The summed E-state index contributed by atoms with van der Waals surface area (Å²) >= 11 is 0. The third kappa shape index (κ3) is 7.80. The zero-order valence-electron chi connectivity index (χ0n) is 18.2. The summed E-state index contributed by atoms with van der Waals surface area (Å²) in [6.45, 7) is 0.284. The quantitative estimate of drug-likeness (QED) is 0.453. The lowest BCUT2D eigenvalue weighted by atomic mass is 9.86. The molecule has 1 aliphatic rings. The maximum absolute atomic E-state index is 12.7. The molecule has 2 aromatic carbocycles. The molecule has 2 aromatic rings. The van der Waals surface area contributed by atoms with Crippen molar-refractivity contribution in [2.45, 2.75) is 25.6 Å². The van der Waals surface area contributed by atoms with Crippen LogP contribution in [0.5, 0.6) is 11.5 Å². The topological polar surface area (TPSA) is 96.9 Å². The van der Waals surface area contributed by atoms with Crippen LogP contribution in [-0.2, 0) is 4.79 Å². The van der Waals surface area contributed by atoms with E-state index >= 15 is 0 Å². The van der Waals surface area contributed by atoms with Crippen LogP contribution in [0, 0.1) is 5.92 Å². The molecule has 0 bridgehead atoms. The van der Waals surface area contributed by atoms with Gasteiger partial charge in [0, 0.05) is 12.1 Å². The Kier molecular flexibility index (Phi) is 8.53. The van der Waals surface area contributed by atoms with Gasteiger partial charge in [-0.25, -0.2) is 0 Å². The second-order valence-corrected chi connectivity index (χ2v) is 7.74. The molecule has 0 aliphatic heterocycles. The first kappa shape index (κ1) is 25.1.